The predicted molar refractivity (Wildman–Crippen MR) is 108 cm³/mol. The second kappa shape index (κ2) is 8.69. The van der Waals surface area contributed by atoms with E-state index in [-0.39, 0.29) is 17.8 Å². The Hall–Kier alpha value is -2.16. The zero-order chi connectivity index (χ0) is 18.5. The highest BCUT2D eigenvalue weighted by Crippen LogP contribution is 2.29. The molecule has 0 radical (unpaired) electrons. The van der Waals surface area contributed by atoms with Gasteiger partial charge in [0.1, 0.15) is 0 Å². The Balaban J connectivity index is 1.47. The van der Waals surface area contributed by atoms with Crippen LogP contribution >= 0.6 is 23.1 Å². The van der Waals surface area contributed by atoms with Gasteiger partial charge < -0.3 is 10.1 Å². The van der Waals surface area contributed by atoms with Gasteiger partial charge in [-0.15, -0.1) is 21.5 Å². The number of carbonyl (C=O) groups excluding carboxylic acids is 1. The smallest absolute Gasteiger partial charge is 0.234 e. The molecule has 2 aromatic heterocycles. The first-order valence-corrected chi connectivity index (χ1v) is 10.7. The summed E-state index contributed by atoms with van der Waals surface area (Å²) in [5.41, 5.74) is 0.795. The van der Waals surface area contributed by atoms with Gasteiger partial charge in [-0.1, -0.05) is 36.0 Å². The molecule has 1 saturated heterocycles. The molecule has 140 valence electrons. The van der Waals surface area contributed by atoms with Crippen LogP contribution in [0.2, 0.25) is 0 Å². The Kier molecular flexibility index (Phi) is 5.86. The van der Waals surface area contributed by atoms with Crippen LogP contribution in [0.25, 0.3) is 10.7 Å². The molecule has 0 spiro atoms. The van der Waals surface area contributed by atoms with E-state index in [0.29, 0.717) is 6.54 Å². The monoisotopic (exact) mass is 400 g/mol. The maximum absolute atomic E-state index is 12.3. The van der Waals surface area contributed by atoms with Crippen LogP contribution in [-0.2, 0) is 16.1 Å². The summed E-state index contributed by atoms with van der Waals surface area (Å²) in [6.45, 7) is 1.52. The van der Waals surface area contributed by atoms with E-state index in [1.165, 1.54) is 11.8 Å². The standard InChI is InChI=1S/C19H20N4O2S2/c24-17(20-14-6-2-1-3-7-14)13-27-19-22-21-18(16-9-5-11-26-16)23(19)12-15-8-4-10-25-15/h1-3,5-7,9,11,15H,4,8,10,12-13H2,(H,20,24)/t15-/m1/s1. The molecule has 6 nitrogen and oxygen atoms in total. The third kappa shape index (κ3) is 4.58. The number of para-hydroxylation sites is 1. The Bertz CT molecular complexity index is 875. The average Bonchev–Trinajstić information content (AvgIpc) is 3.44. The molecular weight excluding hydrogens is 380 g/mol. The molecule has 0 aliphatic carbocycles. The van der Waals surface area contributed by atoms with Crippen LogP contribution in [0.3, 0.4) is 0 Å². The van der Waals surface area contributed by atoms with Crippen LogP contribution in [0, 0.1) is 0 Å². The van der Waals surface area contributed by atoms with Crippen molar-refractivity contribution in [1.29, 1.82) is 0 Å². The van der Waals surface area contributed by atoms with Crippen molar-refractivity contribution in [2.24, 2.45) is 0 Å². The summed E-state index contributed by atoms with van der Waals surface area (Å²) >= 11 is 3.04. The molecule has 1 fully saturated rings. The van der Waals surface area contributed by atoms with Crippen LogP contribution < -0.4 is 5.32 Å². The van der Waals surface area contributed by atoms with Gasteiger partial charge in [-0.05, 0) is 36.4 Å². The topological polar surface area (TPSA) is 69.0 Å². The van der Waals surface area contributed by atoms with Gasteiger partial charge in [0.2, 0.25) is 5.91 Å². The van der Waals surface area contributed by atoms with E-state index in [0.717, 1.165) is 41.0 Å². The van der Waals surface area contributed by atoms with E-state index in [2.05, 4.69) is 20.1 Å². The number of hydrogen-bond acceptors (Lipinski definition) is 6. The number of ether oxygens (including phenoxy) is 1. The lowest BCUT2D eigenvalue weighted by Crippen LogP contribution is -2.18. The molecule has 1 aliphatic heterocycles. The number of nitrogens with one attached hydrogen (secondary N) is 1. The van der Waals surface area contributed by atoms with E-state index in [4.69, 9.17) is 4.74 Å². The van der Waals surface area contributed by atoms with Crippen molar-refractivity contribution in [2.45, 2.75) is 30.6 Å². The van der Waals surface area contributed by atoms with Gasteiger partial charge in [-0.25, -0.2) is 0 Å². The van der Waals surface area contributed by atoms with Crippen molar-refractivity contribution < 1.29 is 9.53 Å². The summed E-state index contributed by atoms with van der Waals surface area (Å²) in [4.78, 5) is 13.3. The summed E-state index contributed by atoms with van der Waals surface area (Å²) in [7, 11) is 0. The van der Waals surface area contributed by atoms with Crippen molar-refractivity contribution in [1.82, 2.24) is 14.8 Å². The van der Waals surface area contributed by atoms with E-state index >= 15 is 0 Å². The highest BCUT2D eigenvalue weighted by Gasteiger charge is 2.22. The van der Waals surface area contributed by atoms with Crippen LogP contribution in [0.15, 0.2) is 53.0 Å². The van der Waals surface area contributed by atoms with Crippen LogP contribution in [-0.4, -0.2) is 39.1 Å². The molecule has 0 bridgehead atoms. The largest absolute Gasteiger partial charge is 0.376 e. The number of benzene rings is 1. The molecule has 3 heterocycles. The highest BCUT2D eigenvalue weighted by atomic mass is 32.2. The Morgan fingerprint density at radius 2 is 2.15 bits per heavy atom. The van der Waals surface area contributed by atoms with E-state index < -0.39 is 0 Å². The second-order valence-corrected chi connectivity index (χ2v) is 8.12. The van der Waals surface area contributed by atoms with Crippen molar-refractivity contribution in [3.8, 4) is 10.7 Å². The third-order valence-electron chi connectivity index (χ3n) is 4.26. The minimum Gasteiger partial charge on any atom is -0.376 e. The number of rotatable bonds is 7. The van der Waals surface area contributed by atoms with Crippen molar-refractivity contribution in [3.05, 3.63) is 47.8 Å². The maximum atomic E-state index is 12.3. The third-order valence-corrected chi connectivity index (χ3v) is 6.09. The first-order valence-electron chi connectivity index (χ1n) is 8.86. The number of aromatic nitrogens is 3. The highest BCUT2D eigenvalue weighted by molar-refractivity contribution is 7.99. The van der Waals surface area contributed by atoms with Gasteiger partial charge in [0, 0.05) is 12.3 Å². The molecule has 1 atom stereocenters. The zero-order valence-corrected chi connectivity index (χ0v) is 16.3. The molecular formula is C19H20N4O2S2. The molecule has 1 aliphatic rings. The van der Waals surface area contributed by atoms with Gasteiger partial charge in [-0.2, -0.15) is 0 Å². The molecule has 4 rings (SSSR count). The lowest BCUT2D eigenvalue weighted by atomic mass is 10.2. The number of thiophene rings is 1. The lowest BCUT2D eigenvalue weighted by molar-refractivity contribution is -0.113. The fourth-order valence-corrected chi connectivity index (χ4v) is 4.45. The second-order valence-electron chi connectivity index (χ2n) is 6.23. The van der Waals surface area contributed by atoms with Crippen molar-refractivity contribution >= 4 is 34.7 Å². The van der Waals surface area contributed by atoms with E-state index in [9.17, 15) is 4.79 Å². The maximum Gasteiger partial charge on any atom is 0.234 e. The number of nitrogens with zero attached hydrogens (tertiary/aromatic N) is 3. The predicted octanol–water partition coefficient (Wildman–Crippen LogP) is 3.92. The van der Waals surface area contributed by atoms with Crippen molar-refractivity contribution in [2.75, 3.05) is 17.7 Å². The zero-order valence-electron chi connectivity index (χ0n) is 14.7. The SMILES string of the molecule is O=C(CSc1nnc(-c2cccs2)n1C[C@H]1CCCO1)Nc1ccccc1. The van der Waals surface area contributed by atoms with Gasteiger partial charge in [0.05, 0.1) is 23.3 Å². The Labute approximate surface area is 166 Å². The Morgan fingerprint density at radius 3 is 2.89 bits per heavy atom. The molecule has 1 aromatic carbocycles. The summed E-state index contributed by atoms with van der Waals surface area (Å²) in [6.07, 6.45) is 2.31. The fraction of sp³-hybridized carbons (Fsp3) is 0.316. The summed E-state index contributed by atoms with van der Waals surface area (Å²) in [6, 6.07) is 13.5. The number of carbonyl (C=O) groups is 1. The fourth-order valence-electron chi connectivity index (χ4n) is 2.99. The quantitative estimate of drug-likeness (QED) is 0.609. The first kappa shape index (κ1) is 18.2. The summed E-state index contributed by atoms with van der Waals surface area (Å²) in [5, 5.41) is 14.4. The van der Waals surface area contributed by atoms with Gasteiger partial charge in [-0.3, -0.25) is 9.36 Å². The van der Waals surface area contributed by atoms with Crippen LogP contribution in [0.1, 0.15) is 12.8 Å². The summed E-state index contributed by atoms with van der Waals surface area (Å²) in [5.74, 6) is 1.06. The summed E-state index contributed by atoms with van der Waals surface area (Å²) < 4.78 is 7.88. The molecule has 0 saturated carbocycles. The van der Waals surface area contributed by atoms with E-state index in [1.807, 2.05) is 47.8 Å². The first-order chi connectivity index (χ1) is 13.3. The van der Waals surface area contributed by atoms with Crippen LogP contribution in [0.5, 0.6) is 0 Å². The number of amides is 1. The van der Waals surface area contributed by atoms with Gasteiger partial charge in [0.15, 0.2) is 11.0 Å². The molecule has 1 N–H and O–H groups in total. The molecule has 1 amide bonds. The Morgan fingerprint density at radius 1 is 1.26 bits per heavy atom. The normalized spacial score (nSPS) is 16.5. The minimum atomic E-state index is -0.0597. The van der Waals surface area contributed by atoms with Crippen molar-refractivity contribution in [3.63, 3.8) is 0 Å². The molecule has 3 aromatic rings. The average molecular weight is 401 g/mol. The molecule has 8 heteroatoms. The molecule has 27 heavy (non-hydrogen) atoms. The van der Waals surface area contributed by atoms with Gasteiger partial charge >= 0.3 is 0 Å². The minimum absolute atomic E-state index is 0.0597. The molecule has 0 unspecified atom stereocenters. The number of hydrogen-bond donors (Lipinski definition) is 1. The van der Waals surface area contributed by atoms with E-state index in [1.54, 1.807) is 11.3 Å². The number of anilines is 1. The lowest BCUT2D eigenvalue weighted by Gasteiger charge is -2.14. The van der Waals surface area contributed by atoms with Crippen LogP contribution in [0.4, 0.5) is 5.69 Å². The number of thioether (sulfide) groups is 1. The van der Waals surface area contributed by atoms with Gasteiger partial charge in [0.25, 0.3) is 0 Å².